The Morgan fingerprint density at radius 2 is 1.86 bits per heavy atom. The zero-order valence-electron chi connectivity index (χ0n) is 18.8. The summed E-state index contributed by atoms with van der Waals surface area (Å²) in [5, 5.41) is 11.7. The van der Waals surface area contributed by atoms with E-state index in [4.69, 9.17) is 9.15 Å². The van der Waals surface area contributed by atoms with E-state index in [0.717, 1.165) is 10.9 Å². The molecule has 0 saturated heterocycles. The van der Waals surface area contributed by atoms with Gasteiger partial charge in [-0.2, -0.15) is 0 Å². The highest BCUT2D eigenvalue weighted by Gasteiger charge is 2.44. The maximum atomic E-state index is 13.6. The van der Waals surface area contributed by atoms with Gasteiger partial charge >= 0.3 is 0 Å². The summed E-state index contributed by atoms with van der Waals surface area (Å²) in [6.07, 6.45) is 4.90. The Morgan fingerprint density at radius 3 is 2.57 bits per heavy atom. The van der Waals surface area contributed by atoms with Crippen molar-refractivity contribution in [2.24, 2.45) is 0 Å². The molecule has 3 heterocycles. The number of para-hydroxylation sites is 1. The van der Waals surface area contributed by atoms with E-state index >= 15 is 0 Å². The second kappa shape index (κ2) is 9.30. The molecular formula is C28H22N2O5. The predicted octanol–water partition coefficient (Wildman–Crippen LogP) is 5.17. The Morgan fingerprint density at radius 1 is 1.11 bits per heavy atom. The highest BCUT2D eigenvalue weighted by Crippen LogP contribution is 2.40. The van der Waals surface area contributed by atoms with Crippen LogP contribution in [0.25, 0.3) is 11.0 Å². The molecule has 1 amide bonds. The zero-order chi connectivity index (χ0) is 24.4. The van der Waals surface area contributed by atoms with Gasteiger partial charge < -0.3 is 19.2 Å². The minimum atomic E-state index is -0.815. The van der Waals surface area contributed by atoms with Crippen LogP contribution in [-0.2, 0) is 11.3 Å². The fourth-order valence-corrected chi connectivity index (χ4v) is 4.21. The number of carbonyl (C=O) groups excluding carboxylic acids is 2. The summed E-state index contributed by atoms with van der Waals surface area (Å²) in [7, 11) is 0. The molecule has 1 aliphatic heterocycles. The van der Waals surface area contributed by atoms with Crippen molar-refractivity contribution in [2.75, 3.05) is 6.61 Å². The number of amides is 1. The van der Waals surface area contributed by atoms with Crippen molar-refractivity contribution >= 4 is 22.7 Å². The van der Waals surface area contributed by atoms with E-state index in [1.165, 1.54) is 4.90 Å². The number of Topliss-reactive ketones (excluding diaryl/α,β-unsaturated/α-hetero) is 1. The van der Waals surface area contributed by atoms with Crippen molar-refractivity contribution < 1.29 is 23.8 Å². The SMILES string of the molecule is C=CCOc1ccc(C2C(C(=O)c3cc4ccccc4o3)=C(O)C(=O)N2Cc2ccncc2)cc1. The molecule has 5 rings (SSSR count). The number of hydrogen-bond acceptors (Lipinski definition) is 6. The smallest absolute Gasteiger partial charge is 0.290 e. The maximum Gasteiger partial charge on any atom is 0.290 e. The largest absolute Gasteiger partial charge is 0.503 e. The summed E-state index contributed by atoms with van der Waals surface area (Å²) in [4.78, 5) is 32.3. The fourth-order valence-electron chi connectivity index (χ4n) is 4.21. The van der Waals surface area contributed by atoms with E-state index in [2.05, 4.69) is 11.6 Å². The van der Waals surface area contributed by atoms with Gasteiger partial charge in [0.25, 0.3) is 5.91 Å². The molecular weight excluding hydrogens is 444 g/mol. The van der Waals surface area contributed by atoms with Crippen LogP contribution in [-0.4, -0.2) is 33.3 Å². The molecule has 0 saturated carbocycles. The maximum absolute atomic E-state index is 13.6. The van der Waals surface area contributed by atoms with E-state index in [1.54, 1.807) is 67.0 Å². The number of carbonyl (C=O) groups is 2. The van der Waals surface area contributed by atoms with Crippen LogP contribution in [0.1, 0.15) is 27.7 Å². The number of benzene rings is 2. The van der Waals surface area contributed by atoms with E-state index < -0.39 is 23.5 Å². The van der Waals surface area contributed by atoms with Gasteiger partial charge in [0.15, 0.2) is 11.5 Å². The number of nitrogens with zero attached hydrogens (tertiary/aromatic N) is 2. The third-order valence-corrected chi connectivity index (χ3v) is 5.86. The Bertz CT molecular complexity index is 1400. The minimum Gasteiger partial charge on any atom is -0.503 e. The van der Waals surface area contributed by atoms with Crippen molar-refractivity contribution in [2.45, 2.75) is 12.6 Å². The van der Waals surface area contributed by atoms with Crippen LogP contribution in [0.3, 0.4) is 0 Å². The lowest BCUT2D eigenvalue weighted by molar-refractivity contribution is -0.130. The number of hydrogen-bond donors (Lipinski definition) is 1. The molecule has 0 spiro atoms. The number of fused-ring (bicyclic) bond motifs is 1. The molecule has 2 aromatic heterocycles. The van der Waals surface area contributed by atoms with Crippen molar-refractivity contribution in [1.82, 2.24) is 9.88 Å². The topological polar surface area (TPSA) is 92.9 Å². The van der Waals surface area contributed by atoms with Gasteiger partial charge in [-0.05, 0) is 47.5 Å². The molecule has 7 heteroatoms. The lowest BCUT2D eigenvalue weighted by Crippen LogP contribution is -2.30. The number of furan rings is 1. The van der Waals surface area contributed by atoms with E-state index in [0.29, 0.717) is 23.5 Å². The average Bonchev–Trinajstić information content (AvgIpc) is 3.43. The summed E-state index contributed by atoms with van der Waals surface area (Å²) < 4.78 is 11.3. The van der Waals surface area contributed by atoms with Crippen LogP contribution >= 0.6 is 0 Å². The summed E-state index contributed by atoms with van der Waals surface area (Å²) >= 11 is 0. The number of aliphatic hydroxyl groups excluding tert-OH is 1. The molecule has 0 radical (unpaired) electrons. The van der Waals surface area contributed by atoms with E-state index in [1.807, 2.05) is 18.2 Å². The van der Waals surface area contributed by atoms with Gasteiger partial charge in [-0.25, -0.2) is 0 Å². The first-order chi connectivity index (χ1) is 17.1. The van der Waals surface area contributed by atoms with E-state index in [9.17, 15) is 14.7 Å². The Hall–Kier alpha value is -4.65. The first kappa shape index (κ1) is 22.2. The third kappa shape index (κ3) is 4.19. The summed E-state index contributed by atoms with van der Waals surface area (Å²) in [6.45, 7) is 4.18. The van der Waals surface area contributed by atoms with Crippen molar-refractivity contribution in [3.05, 3.63) is 120 Å². The highest BCUT2D eigenvalue weighted by molar-refractivity contribution is 6.16. The second-order valence-corrected chi connectivity index (χ2v) is 8.10. The molecule has 2 aromatic carbocycles. The molecule has 1 aliphatic rings. The lowest BCUT2D eigenvalue weighted by atomic mass is 9.94. The molecule has 0 fully saturated rings. The van der Waals surface area contributed by atoms with Gasteiger partial charge in [-0.3, -0.25) is 14.6 Å². The summed E-state index contributed by atoms with van der Waals surface area (Å²) in [5.74, 6) is -1.07. The van der Waals surface area contributed by atoms with Gasteiger partial charge in [-0.1, -0.05) is 43.0 Å². The number of ketones is 1. The standard InChI is InChI=1S/C28H22N2O5/c1-2-15-34-21-9-7-19(8-10-21)25-24(26(31)23-16-20-5-3-4-6-22(20)35-23)27(32)28(33)30(25)17-18-11-13-29-14-12-18/h2-14,16,25,32H,1,15,17H2. The number of aliphatic hydroxyl groups is 1. The van der Waals surface area contributed by atoms with Crippen LogP contribution in [0.4, 0.5) is 0 Å². The Labute approximate surface area is 201 Å². The van der Waals surface area contributed by atoms with Gasteiger partial charge in [0.2, 0.25) is 5.78 Å². The van der Waals surface area contributed by atoms with Crippen LogP contribution in [0.5, 0.6) is 5.75 Å². The molecule has 1 N–H and O–H groups in total. The molecule has 7 nitrogen and oxygen atoms in total. The quantitative estimate of drug-likeness (QED) is 0.284. The van der Waals surface area contributed by atoms with Gasteiger partial charge in [0.05, 0.1) is 11.6 Å². The van der Waals surface area contributed by atoms with Crippen molar-refractivity contribution in [3.63, 3.8) is 0 Å². The third-order valence-electron chi connectivity index (χ3n) is 5.86. The molecule has 174 valence electrons. The number of ether oxygens (including phenoxy) is 1. The van der Waals surface area contributed by atoms with Crippen LogP contribution < -0.4 is 4.74 Å². The van der Waals surface area contributed by atoms with Gasteiger partial charge in [0.1, 0.15) is 17.9 Å². The van der Waals surface area contributed by atoms with Crippen molar-refractivity contribution in [1.29, 1.82) is 0 Å². The number of aromatic nitrogens is 1. The predicted molar refractivity (Wildman–Crippen MR) is 130 cm³/mol. The average molecular weight is 466 g/mol. The number of rotatable bonds is 8. The monoisotopic (exact) mass is 466 g/mol. The second-order valence-electron chi connectivity index (χ2n) is 8.10. The molecule has 0 aliphatic carbocycles. The first-order valence-corrected chi connectivity index (χ1v) is 11.1. The normalized spacial score (nSPS) is 15.6. The van der Waals surface area contributed by atoms with Gasteiger partial charge in [0, 0.05) is 24.3 Å². The van der Waals surface area contributed by atoms with Crippen LogP contribution in [0, 0.1) is 0 Å². The summed E-state index contributed by atoms with van der Waals surface area (Å²) in [5.41, 5.74) is 1.99. The number of pyridine rings is 1. The highest BCUT2D eigenvalue weighted by atomic mass is 16.5. The van der Waals surface area contributed by atoms with Crippen molar-refractivity contribution in [3.8, 4) is 5.75 Å². The molecule has 35 heavy (non-hydrogen) atoms. The fraction of sp³-hybridized carbons (Fsp3) is 0.107. The minimum absolute atomic E-state index is 0.0251. The van der Waals surface area contributed by atoms with E-state index in [-0.39, 0.29) is 17.9 Å². The lowest BCUT2D eigenvalue weighted by Gasteiger charge is -2.27. The molecule has 1 atom stereocenters. The zero-order valence-corrected chi connectivity index (χ0v) is 18.8. The van der Waals surface area contributed by atoms with Crippen LogP contribution in [0.15, 0.2) is 108 Å². The van der Waals surface area contributed by atoms with Gasteiger partial charge in [-0.15, -0.1) is 0 Å². The summed E-state index contributed by atoms with van der Waals surface area (Å²) in [6, 6.07) is 18.7. The first-order valence-electron chi connectivity index (χ1n) is 11.1. The molecule has 4 aromatic rings. The Balaban J connectivity index is 1.56. The molecule has 1 unspecified atom stereocenters. The van der Waals surface area contributed by atoms with Crippen LogP contribution in [0.2, 0.25) is 0 Å². The Kier molecular flexibility index (Phi) is 5.89. The molecule has 0 bridgehead atoms.